The average molecular weight is 315 g/mol. The molecule has 1 aliphatic rings. The maximum absolute atomic E-state index is 13.1. The highest BCUT2D eigenvalue weighted by atomic mass is 79.9. The molecule has 2 N–H and O–H groups in total. The number of rotatable bonds is 2. The van der Waals surface area contributed by atoms with E-state index in [-0.39, 0.29) is 11.9 Å². The first-order valence-corrected chi connectivity index (χ1v) is 6.84. The molecule has 1 aromatic carbocycles. The number of hydrogen-bond acceptors (Lipinski definition) is 2. The molecule has 18 heavy (non-hydrogen) atoms. The first-order chi connectivity index (χ1) is 8.58. The molecule has 5 heteroatoms. The Labute approximate surface area is 114 Å². The van der Waals surface area contributed by atoms with E-state index >= 15 is 0 Å². The number of benzene rings is 1. The normalized spacial score (nSPS) is 23.7. The predicted octanol–water partition coefficient (Wildman–Crippen LogP) is 2.32. The Morgan fingerprint density at radius 3 is 3.06 bits per heavy atom. The summed E-state index contributed by atoms with van der Waals surface area (Å²) < 4.78 is 13.8. The molecule has 98 valence electrons. The SMILES string of the molecule is CC1CCNCC1NC(=O)c1cc(F)ccc1Br. The Bertz CT molecular complexity index is 453. The number of carbonyl (C=O) groups is 1. The third-order valence-electron chi connectivity index (χ3n) is 3.32. The molecule has 1 aromatic rings. The van der Waals surface area contributed by atoms with E-state index in [1.54, 1.807) is 6.07 Å². The topological polar surface area (TPSA) is 41.1 Å². The van der Waals surface area contributed by atoms with Gasteiger partial charge in [-0.25, -0.2) is 4.39 Å². The molecule has 2 atom stereocenters. The number of nitrogens with one attached hydrogen (secondary N) is 2. The smallest absolute Gasteiger partial charge is 0.252 e. The summed E-state index contributed by atoms with van der Waals surface area (Å²) in [4.78, 5) is 12.1. The summed E-state index contributed by atoms with van der Waals surface area (Å²) in [6.07, 6.45) is 1.04. The van der Waals surface area contributed by atoms with Crippen LogP contribution in [-0.4, -0.2) is 25.0 Å². The van der Waals surface area contributed by atoms with Gasteiger partial charge in [0.1, 0.15) is 5.82 Å². The van der Waals surface area contributed by atoms with Crippen molar-refractivity contribution in [1.82, 2.24) is 10.6 Å². The molecule has 2 rings (SSSR count). The second kappa shape index (κ2) is 5.80. The highest BCUT2D eigenvalue weighted by Crippen LogP contribution is 2.19. The van der Waals surface area contributed by atoms with Crippen molar-refractivity contribution in [3.8, 4) is 0 Å². The number of hydrogen-bond donors (Lipinski definition) is 2. The van der Waals surface area contributed by atoms with Crippen molar-refractivity contribution >= 4 is 21.8 Å². The molecule has 3 nitrogen and oxygen atoms in total. The molecule has 2 unspecified atom stereocenters. The molecule has 1 fully saturated rings. The molecule has 0 aliphatic carbocycles. The molecule has 1 amide bonds. The summed E-state index contributed by atoms with van der Waals surface area (Å²) in [5.41, 5.74) is 0.341. The van der Waals surface area contributed by atoms with Crippen LogP contribution in [0.4, 0.5) is 4.39 Å². The van der Waals surface area contributed by atoms with Crippen LogP contribution < -0.4 is 10.6 Å². The second-order valence-corrected chi connectivity index (χ2v) is 5.53. The van der Waals surface area contributed by atoms with E-state index < -0.39 is 5.82 Å². The predicted molar refractivity (Wildman–Crippen MR) is 72.0 cm³/mol. The van der Waals surface area contributed by atoms with Crippen LogP contribution in [0, 0.1) is 11.7 Å². The molecule has 0 radical (unpaired) electrons. The van der Waals surface area contributed by atoms with Crippen LogP contribution >= 0.6 is 15.9 Å². The molecule has 1 saturated heterocycles. The van der Waals surface area contributed by atoms with Gasteiger partial charge in [0.25, 0.3) is 5.91 Å². The zero-order valence-electron chi connectivity index (χ0n) is 10.2. The zero-order valence-corrected chi connectivity index (χ0v) is 11.8. The summed E-state index contributed by atoms with van der Waals surface area (Å²) in [7, 11) is 0. The molecule has 0 bridgehead atoms. The number of carbonyl (C=O) groups excluding carboxylic acids is 1. The lowest BCUT2D eigenvalue weighted by molar-refractivity contribution is 0.0914. The fourth-order valence-corrected chi connectivity index (χ4v) is 2.53. The summed E-state index contributed by atoms with van der Waals surface area (Å²) in [5.74, 6) is -0.206. The van der Waals surface area contributed by atoms with Gasteiger partial charge in [-0.1, -0.05) is 6.92 Å². The van der Waals surface area contributed by atoms with E-state index in [9.17, 15) is 9.18 Å². The summed E-state index contributed by atoms with van der Waals surface area (Å²) >= 11 is 3.27. The van der Waals surface area contributed by atoms with E-state index in [4.69, 9.17) is 0 Å². The van der Waals surface area contributed by atoms with Crippen LogP contribution in [0.1, 0.15) is 23.7 Å². The number of halogens is 2. The van der Waals surface area contributed by atoms with Crippen LogP contribution in [0.15, 0.2) is 22.7 Å². The van der Waals surface area contributed by atoms with E-state index in [0.717, 1.165) is 19.5 Å². The molecule has 0 saturated carbocycles. The highest BCUT2D eigenvalue weighted by Gasteiger charge is 2.23. The van der Waals surface area contributed by atoms with Crippen LogP contribution in [0.25, 0.3) is 0 Å². The Balaban J connectivity index is 2.09. The summed E-state index contributed by atoms with van der Waals surface area (Å²) in [5, 5.41) is 6.20. The Hall–Kier alpha value is -0.940. The van der Waals surface area contributed by atoms with Crippen LogP contribution in [-0.2, 0) is 0 Å². The van der Waals surface area contributed by atoms with Crippen molar-refractivity contribution in [1.29, 1.82) is 0 Å². The van der Waals surface area contributed by atoms with E-state index in [0.29, 0.717) is 16.0 Å². The number of piperidine rings is 1. The van der Waals surface area contributed by atoms with Crippen LogP contribution in [0.3, 0.4) is 0 Å². The van der Waals surface area contributed by atoms with Gasteiger partial charge in [-0.15, -0.1) is 0 Å². The van der Waals surface area contributed by atoms with Gasteiger partial charge >= 0.3 is 0 Å². The van der Waals surface area contributed by atoms with Crippen molar-refractivity contribution in [2.24, 2.45) is 5.92 Å². The lowest BCUT2D eigenvalue weighted by Crippen LogP contribution is -2.50. The molecular formula is C13H16BrFN2O. The molecule has 0 aromatic heterocycles. The highest BCUT2D eigenvalue weighted by molar-refractivity contribution is 9.10. The monoisotopic (exact) mass is 314 g/mol. The van der Waals surface area contributed by atoms with Gasteiger partial charge in [0, 0.05) is 17.1 Å². The van der Waals surface area contributed by atoms with Gasteiger partial charge in [0.15, 0.2) is 0 Å². The van der Waals surface area contributed by atoms with E-state index in [1.807, 2.05) is 0 Å². The lowest BCUT2D eigenvalue weighted by atomic mass is 9.94. The molecule has 0 spiro atoms. The summed E-state index contributed by atoms with van der Waals surface area (Å²) in [6.45, 7) is 3.86. The van der Waals surface area contributed by atoms with Crippen molar-refractivity contribution < 1.29 is 9.18 Å². The first kappa shape index (κ1) is 13.5. The first-order valence-electron chi connectivity index (χ1n) is 6.04. The van der Waals surface area contributed by atoms with Crippen molar-refractivity contribution in [3.63, 3.8) is 0 Å². The fourth-order valence-electron chi connectivity index (χ4n) is 2.10. The van der Waals surface area contributed by atoms with Gasteiger partial charge in [-0.05, 0) is 53.0 Å². The maximum Gasteiger partial charge on any atom is 0.252 e. The van der Waals surface area contributed by atoms with E-state index in [1.165, 1.54) is 12.1 Å². The zero-order chi connectivity index (χ0) is 13.1. The molecule has 1 heterocycles. The largest absolute Gasteiger partial charge is 0.348 e. The summed E-state index contributed by atoms with van der Waals surface area (Å²) in [6, 6.07) is 4.22. The fraction of sp³-hybridized carbons (Fsp3) is 0.462. The van der Waals surface area contributed by atoms with Gasteiger partial charge in [0.05, 0.1) is 5.56 Å². The Morgan fingerprint density at radius 1 is 1.56 bits per heavy atom. The van der Waals surface area contributed by atoms with Gasteiger partial charge in [-0.3, -0.25) is 4.79 Å². The standard InChI is InChI=1S/C13H16BrFN2O/c1-8-4-5-16-7-12(8)17-13(18)10-6-9(15)2-3-11(10)14/h2-3,6,8,12,16H,4-5,7H2,1H3,(H,17,18). The van der Waals surface area contributed by atoms with Crippen molar-refractivity contribution in [2.75, 3.05) is 13.1 Å². The minimum absolute atomic E-state index is 0.0985. The quantitative estimate of drug-likeness (QED) is 0.879. The Kier molecular flexibility index (Phi) is 4.35. The minimum atomic E-state index is -0.404. The van der Waals surface area contributed by atoms with Crippen LogP contribution in [0.2, 0.25) is 0 Å². The maximum atomic E-state index is 13.1. The average Bonchev–Trinajstić information content (AvgIpc) is 2.35. The molecular weight excluding hydrogens is 299 g/mol. The molecule has 1 aliphatic heterocycles. The van der Waals surface area contributed by atoms with E-state index in [2.05, 4.69) is 33.5 Å². The second-order valence-electron chi connectivity index (χ2n) is 4.67. The number of amides is 1. The van der Waals surface area contributed by atoms with Gasteiger partial charge in [0.2, 0.25) is 0 Å². The van der Waals surface area contributed by atoms with Crippen molar-refractivity contribution in [2.45, 2.75) is 19.4 Å². The Morgan fingerprint density at radius 2 is 2.33 bits per heavy atom. The lowest BCUT2D eigenvalue weighted by Gasteiger charge is -2.30. The third-order valence-corrected chi connectivity index (χ3v) is 4.01. The minimum Gasteiger partial charge on any atom is -0.348 e. The van der Waals surface area contributed by atoms with Gasteiger partial charge < -0.3 is 10.6 Å². The van der Waals surface area contributed by atoms with Crippen LogP contribution in [0.5, 0.6) is 0 Å². The third kappa shape index (κ3) is 3.09. The van der Waals surface area contributed by atoms with Crippen molar-refractivity contribution in [3.05, 3.63) is 34.1 Å². The van der Waals surface area contributed by atoms with Gasteiger partial charge in [-0.2, -0.15) is 0 Å².